The molecule has 0 amide bonds. The summed E-state index contributed by atoms with van der Waals surface area (Å²) in [6.45, 7) is 5.62. The number of aromatic amines is 1. The molecule has 1 N–H and O–H groups in total. The quantitative estimate of drug-likeness (QED) is 0.767. The average Bonchev–Trinajstić information content (AvgIpc) is 2.55. The number of H-pyrrole nitrogens is 1. The number of pyridine rings is 1. The number of hydrogen-bond acceptors (Lipinski definition) is 2. The van der Waals surface area contributed by atoms with Crippen molar-refractivity contribution in [3.8, 4) is 17.2 Å². The number of hydrogen-bond donors (Lipinski definition) is 1. The minimum absolute atomic E-state index is 0.0628. The van der Waals surface area contributed by atoms with E-state index in [1.54, 1.807) is 0 Å². The fraction of sp³-hybridized carbons (Fsp3) is 0.200. The molecule has 0 saturated carbocycles. The van der Waals surface area contributed by atoms with Gasteiger partial charge in [0.25, 0.3) is 5.56 Å². The average molecular weight is 302 g/mol. The molecule has 0 atom stereocenters. The summed E-state index contributed by atoms with van der Waals surface area (Å²) in [6, 6.07) is 18.2. The molecule has 1 heterocycles. The van der Waals surface area contributed by atoms with Crippen LogP contribution in [-0.2, 0) is 5.41 Å². The molecule has 0 aliphatic carbocycles. The van der Waals surface area contributed by atoms with Gasteiger partial charge in [-0.05, 0) is 43.4 Å². The van der Waals surface area contributed by atoms with Gasteiger partial charge in [0, 0.05) is 11.1 Å². The highest BCUT2D eigenvalue weighted by Gasteiger charge is 2.19. The van der Waals surface area contributed by atoms with Crippen LogP contribution in [0.3, 0.4) is 0 Å². The molecule has 0 unspecified atom stereocenters. The lowest BCUT2D eigenvalue weighted by Gasteiger charge is -2.16. The second-order valence-electron chi connectivity index (χ2n) is 6.37. The normalized spacial score (nSPS) is 11.4. The molecule has 3 heteroatoms. The van der Waals surface area contributed by atoms with Crippen LogP contribution in [-0.4, -0.2) is 4.98 Å². The van der Waals surface area contributed by atoms with Crippen molar-refractivity contribution in [3.63, 3.8) is 0 Å². The SMILES string of the molecule is Cc1cc2cccc(-c3ccc(C(C)(C)C#N)cc3)c2[nH]c1=O. The van der Waals surface area contributed by atoms with Crippen LogP contribution in [0.15, 0.2) is 53.3 Å². The number of nitrogens with zero attached hydrogens (tertiary/aromatic N) is 1. The fourth-order valence-corrected chi connectivity index (χ4v) is 2.71. The van der Waals surface area contributed by atoms with E-state index < -0.39 is 5.41 Å². The first-order chi connectivity index (χ1) is 10.9. The van der Waals surface area contributed by atoms with E-state index in [9.17, 15) is 10.1 Å². The molecule has 0 fully saturated rings. The highest BCUT2D eigenvalue weighted by molar-refractivity contribution is 5.93. The van der Waals surface area contributed by atoms with Gasteiger partial charge in [-0.1, -0.05) is 42.5 Å². The Balaban J connectivity index is 2.16. The van der Waals surface area contributed by atoms with E-state index in [1.165, 1.54) is 0 Å². The van der Waals surface area contributed by atoms with E-state index in [-0.39, 0.29) is 5.56 Å². The number of nitrogens with one attached hydrogen (secondary N) is 1. The van der Waals surface area contributed by atoms with Crippen LogP contribution >= 0.6 is 0 Å². The number of para-hydroxylation sites is 1. The van der Waals surface area contributed by atoms with Gasteiger partial charge in [-0.2, -0.15) is 5.26 Å². The molecule has 0 aliphatic rings. The molecule has 3 rings (SSSR count). The van der Waals surface area contributed by atoms with Gasteiger partial charge in [-0.25, -0.2) is 0 Å². The van der Waals surface area contributed by atoms with Gasteiger partial charge >= 0.3 is 0 Å². The Morgan fingerprint density at radius 1 is 1.09 bits per heavy atom. The van der Waals surface area contributed by atoms with E-state index in [4.69, 9.17) is 0 Å². The summed E-state index contributed by atoms with van der Waals surface area (Å²) in [6.07, 6.45) is 0. The number of aromatic nitrogens is 1. The highest BCUT2D eigenvalue weighted by atomic mass is 16.1. The summed E-state index contributed by atoms with van der Waals surface area (Å²) in [5.41, 5.74) is 3.97. The lowest BCUT2D eigenvalue weighted by Crippen LogP contribution is -2.13. The van der Waals surface area contributed by atoms with Gasteiger partial charge in [-0.3, -0.25) is 4.79 Å². The van der Waals surface area contributed by atoms with Crippen molar-refractivity contribution in [1.82, 2.24) is 4.98 Å². The van der Waals surface area contributed by atoms with Crippen LogP contribution in [0.4, 0.5) is 0 Å². The van der Waals surface area contributed by atoms with Gasteiger partial charge in [-0.15, -0.1) is 0 Å². The maximum absolute atomic E-state index is 11.9. The number of rotatable bonds is 2. The molecule has 23 heavy (non-hydrogen) atoms. The van der Waals surface area contributed by atoms with E-state index in [0.29, 0.717) is 5.56 Å². The smallest absolute Gasteiger partial charge is 0.251 e. The number of nitriles is 1. The summed E-state index contributed by atoms with van der Waals surface area (Å²) >= 11 is 0. The predicted molar refractivity (Wildman–Crippen MR) is 93.4 cm³/mol. The standard InChI is InChI=1S/C20H18N2O/c1-13-11-15-5-4-6-17(18(15)22-19(13)23)14-7-9-16(10-8-14)20(2,3)12-21/h4-11H,1-3H3,(H,22,23). The van der Waals surface area contributed by atoms with Crippen molar-refractivity contribution in [2.75, 3.05) is 0 Å². The Kier molecular flexibility index (Phi) is 3.54. The molecule has 1 aromatic heterocycles. The highest BCUT2D eigenvalue weighted by Crippen LogP contribution is 2.29. The van der Waals surface area contributed by atoms with Crippen LogP contribution in [0.25, 0.3) is 22.0 Å². The zero-order valence-electron chi connectivity index (χ0n) is 13.5. The zero-order valence-corrected chi connectivity index (χ0v) is 13.5. The van der Waals surface area contributed by atoms with Crippen LogP contribution in [0.2, 0.25) is 0 Å². The molecule has 2 aromatic carbocycles. The topological polar surface area (TPSA) is 56.6 Å². The number of benzene rings is 2. The minimum Gasteiger partial charge on any atom is -0.321 e. The largest absolute Gasteiger partial charge is 0.321 e. The Morgan fingerprint density at radius 2 is 1.78 bits per heavy atom. The maximum atomic E-state index is 11.9. The Morgan fingerprint density at radius 3 is 2.43 bits per heavy atom. The van der Waals surface area contributed by atoms with Crippen LogP contribution in [0.1, 0.15) is 25.0 Å². The molecule has 3 nitrogen and oxygen atoms in total. The molecule has 3 aromatic rings. The van der Waals surface area contributed by atoms with Gasteiger partial charge in [0.15, 0.2) is 0 Å². The zero-order chi connectivity index (χ0) is 16.6. The minimum atomic E-state index is -0.511. The van der Waals surface area contributed by atoms with Crippen LogP contribution in [0, 0.1) is 18.3 Å². The first kappa shape index (κ1) is 15.1. The Labute approximate surface area is 135 Å². The first-order valence-electron chi connectivity index (χ1n) is 7.57. The molecule has 114 valence electrons. The van der Waals surface area contributed by atoms with Crippen LogP contribution < -0.4 is 5.56 Å². The molecule has 0 saturated heterocycles. The summed E-state index contributed by atoms with van der Waals surface area (Å²) < 4.78 is 0. The summed E-state index contributed by atoms with van der Waals surface area (Å²) in [4.78, 5) is 14.9. The van der Waals surface area contributed by atoms with Crippen molar-refractivity contribution in [3.05, 3.63) is 70.0 Å². The molecule has 0 radical (unpaired) electrons. The van der Waals surface area contributed by atoms with Gasteiger partial charge < -0.3 is 4.98 Å². The second kappa shape index (κ2) is 5.40. The van der Waals surface area contributed by atoms with Crippen LogP contribution in [0.5, 0.6) is 0 Å². The molecular formula is C20H18N2O. The third-order valence-electron chi connectivity index (χ3n) is 4.26. The molecule has 0 bridgehead atoms. The van der Waals surface area contributed by atoms with Crippen molar-refractivity contribution in [2.24, 2.45) is 0 Å². The molecular weight excluding hydrogens is 284 g/mol. The molecule has 0 aliphatic heterocycles. The lowest BCUT2D eigenvalue weighted by atomic mass is 9.85. The maximum Gasteiger partial charge on any atom is 0.251 e. The number of fused-ring (bicyclic) bond motifs is 1. The van der Waals surface area contributed by atoms with Gasteiger partial charge in [0.1, 0.15) is 0 Å². The summed E-state index contributed by atoms with van der Waals surface area (Å²) in [5, 5.41) is 10.3. The Hall–Kier alpha value is -2.86. The number of aryl methyl sites for hydroxylation is 1. The van der Waals surface area contributed by atoms with Crippen molar-refractivity contribution in [2.45, 2.75) is 26.2 Å². The van der Waals surface area contributed by atoms with Gasteiger partial charge in [0.2, 0.25) is 0 Å². The summed E-state index contributed by atoms with van der Waals surface area (Å²) in [7, 11) is 0. The van der Waals surface area contributed by atoms with Crippen molar-refractivity contribution < 1.29 is 0 Å². The van der Waals surface area contributed by atoms with E-state index in [1.807, 2.05) is 69.3 Å². The van der Waals surface area contributed by atoms with E-state index in [2.05, 4.69) is 11.1 Å². The third-order valence-corrected chi connectivity index (χ3v) is 4.26. The van der Waals surface area contributed by atoms with Crippen molar-refractivity contribution in [1.29, 1.82) is 5.26 Å². The van der Waals surface area contributed by atoms with Crippen molar-refractivity contribution >= 4 is 10.9 Å². The van der Waals surface area contributed by atoms with E-state index >= 15 is 0 Å². The Bertz CT molecular complexity index is 973. The first-order valence-corrected chi connectivity index (χ1v) is 7.57. The second-order valence-corrected chi connectivity index (χ2v) is 6.37. The fourth-order valence-electron chi connectivity index (χ4n) is 2.71. The monoisotopic (exact) mass is 302 g/mol. The summed E-state index contributed by atoms with van der Waals surface area (Å²) in [5.74, 6) is 0. The third kappa shape index (κ3) is 2.64. The lowest BCUT2D eigenvalue weighted by molar-refractivity contribution is 0.687. The van der Waals surface area contributed by atoms with Gasteiger partial charge in [0.05, 0.1) is 17.0 Å². The predicted octanol–water partition coefficient (Wildman–Crippen LogP) is 4.30. The van der Waals surface area contributed by atoms with E-state index in [0.717, 1.165) is 27.6 Å². The molecule has 0 spiro atoms.